The molecule has 5 rings (SSSR count). The van der Waals surface area contributed by atoms with Gasteiger partial charge in [-0.25, -0.2) is 9.97 Å². The van der Waals surface area contributed by atoms with Crippen molar-refractivity contribution >= 4 is 11.3 Å². The van der Waals surface area contributed by atoms with Gasteiger partial charge in [0.15, 0.2) is 11.4 Å². The number of hydrogen-bond acceptors (Lipinski definition) is 6. The minimum Gasteiger partial charge on any atom is -0.456 e. The quantitative estimate of drug-likeness (QED) is 0.291. The van der Waals surface area contributed by atoms with E-state index in [0.29, 0.717) is 17.4 Å². The van der Waals surface area contributed by atoms with E-state index in [1.165, 1.54) is 11.4 Å². The van der Waals surface area contributed by atoms with Crippen LogP contribution in [0.4, 0.5) is 5.69 Å². The summed E-state index contributed by atoms with van der Waals surface area (Å²) < 4.78 is 14.7. The lowest BCUT2D eigenvalue weighted by molar-refractivity contribution is 0.445. The van der Waals surface area contributed by atoms with Crippen molar-refractivity contribution in [2.24, 2.45) is 0 Å². The van der Waals surface area contributed by atoms with Crippen molar-refractivity contribution in [3.05, 3.63) is 83.2 Å². The second-order valence-electron chi connectivity index (χ2n) is 10.8. The number of imidazole rings is 1. The maximum absolute atomic E-state index is 6.39. The molecule has 3 aromatic heterocycles. The van der Waals surface area contributed by atoms with Gasteiger partial charge in [-0.1, -0.05) is 26.8 Å². The maximum atomic E-state index is 6.39. The van der Waals surface area contributed by atoms with E-state index in [-0.39, 0.29) is 5.41 Å². The van der Waals surface area contributed by atoms with Crippen LogP contribution >= 0.6 is 0 Å². The minimum atomic E-state index is -0.0109. The SMILES string of the molecule is CC1=C(C)N(c2cccc(Oc3cc(Oc4cc(C(C)(C)C)ccn4)c4nc(C)c(C)n4c3)c2)CN1C. The van der Waals surface area contributed by atoms with Crippen LogP contribution in [-0.4, -0.2) is 33.0 Å². The molecule has 0 unspecified atom stereocenters. The molecule has 4 aromatic rings. The number of anilines is 1. The zero-order chi connectivity index (χ0) is 26.5. The highest BCUT2D eigenvalue weighted by Crippen LogP contribution is 2.36. The van der Waals surface area contributed by atoms with Gasteiger partial charge >= 0.3 is 0 Å². The largest absolute Gasteiger partial charge is 0.456 e. The Balaban J connectivity index is 1.50. The first-order valence-electron chi connectivity index (χ1n) is 12.6. The number of aromatic nitrogens is 3. The van der Waals surface area contributed by atoms with Gasteiger partial charge in [-0.15, -0.1) is 0 Å². The van der Waals surface area contributed by atoms with Crippen LogP contribution < -0.4 is 14.4 Å². The number of allylic oxidation sites excluding steroid dienone is 2. The lowest BCUT2D eigenvalue weighted by Gasteiger charge is -2.21. The number of ether oxygens (including phenoxy) is 2. The average molecular weight is 498 g/mol. The first-order chi connectivity index (χ1) is 17.5. The van der Waals surface area contributed by atoms with Crippen LogP contribution in [0.1, 0.15) is 51.6 Å². The molecule has 0 atom stereocenters. The fraction of sp³-hybridized carbons (Fsp3) is 0.333. The number of rotatable bonds is 5. The van der Waals surface area contributed by atoms with E-state index >= 15 is 0 Å². The van der Waals surface area contributed by atoms with Crippen LogP contribution in [-0.2, 0) is 5.41 Å². The normalized spacial score (nSPS) is 14.2. The summed E-state index contributed by atoms with van der Waals surface area (Å²) >= 11 is 0. The summed E-state index contributed by atoms with van der Waals surface area (Å²) in [5.41, 5.74) is 7.45. The van der Waals surface area contributed by atoms with Crippen LogP contribution in [0, 0.1) is 13.8 Å². The molecule has 1 aromatic carbocycles. The third-order valence-electron chi connectivity index (χ3n) is 7.17. The Morgan fingerprint density at radius 2 is 1.68 bits per heavy atom. The van der Waals surface area contributed by atoms with Gasteiger partial charge in [-0.3, -0.25) is 4.40 Å². The van der Waals surface area contributed by atoms with E-state index in [9.17, 15) is 0 Å². The third kappa shape index (κ3) is 4.73. The fourth-order valence-electron chi connectivity index (χ4n) is 4.51. The zero-order valence-corrected chi connectivity index (χ0v) is 23.0. The molecule has 0 fully saturated rings. The Bertz CT molecular complexity index is 1510. The summed E-state index contributed by atoms with van der Waals surface area (Å²) in [7, 11) is 2.11. The smallest absolute Gasteiger partial charge is 0.219 e. The van der Waals surface area contributed by atoms with Crippen LogP contribution in [0.5, 0.6) is 23.1 Å². The summed E-state index contributed by atoms with van der Waals surface area (Å²) in [5, 5.41) is 0. The Kier molecular flexibility index (Phi) is 6.10. The number of hydrogen-bond donors (Lipinski definition) is 0. The molecule has 7 nitrogen and oxygen atoms in total. The van der Waals surface area contributed by atoms with Gasteiger partial charge in [0.1, 0.15) is 11.5 Å². The van der Waals surface area contributed by atoms with E-state index in [1.54, 1.807) is 6.20 Å². The lowest BCUT2D eigenvalue weighted by atomic mass is 9.88. The van der Waals surface area contributed by atoms with Gasteiger partial charge < -0.3 is 19.3 Å². The van der Waals surface area contributed by atoms with Crippen LogP contribution in [0.15, 0.2) is 66.3 Å². The van der Waals surface area contributed by atoms with Crippen molar-refractivity contribution in [2.45, 2.75) is 53.9 Å². The van der Waals surface area contributed by atoms with Crippen LogP contribution in [0.25, 0.3) is 5.65 Å². The van der Waals surface area contributed by atoms with Gasteiger partial charge in [-0.2, -0.15) is 0 Å². The predicted octanol–water partition coefficient (Wildman–Crippen LogP) is 7.19. The molecule has 0 spiro atoms. The Hall–Kier alpha value is -4.00. The molecule has 0 amide bonds. The second kappa shape index (κ2) is 9.14. The molecule has 1 aliphatic rings. The molecule has 0 aliphatic carbocycles. The van der Waals surface area contributed by atoms with E-state index in [1.807, 2.05) is 54.8 Å². The van der Waals surface area contributed by atoms with Crippen molar-refractivity contribution in [2.75, 3.05) is 18.6 Å². The highest BCUT2D eigenvalue weighted by atomic mass is 16.5. The maximum Gasteiger partial charge on any atom is 0.219 e. The molecular formula is C30H35N5O2. The first-order valence-corrected chi connectivity index (χ1v) is 12.6. The minimum absolute atomic E-state index is 0.0109. The third-order valence-corrected chi connectivity index (χ3v) is 7.17. The lowest BCUT2D eigenvalue weighted by Crippen LogP contribution is -2.24. The van der Waals surface area contributed by atoms with Crippen LogP contribution in [0.3, 0.4) is 0 Å². The average Bonchev–Trinajstić information content (AvgIpc) is 3.29. The molecule has 0 radical (unpaired) electrons. The highest BCUT2D eigenvalue weighted by molar-refractivity contribution is 5.61. The Morgan fingerprint density at radius 1 is 0.892 bits per heavy atom. The van der Waals surface area contributed by atoms with Crippen molar-refractivity contribution < 1.29 is 9.47 Å². The highest BCUT2D eigenvalue weighted by Gasteiger charge is 2.22. The molecule has 1 aliphatic heterocycles. The number of aryl methyl sites for hydroxylation is 2. The van der Waals surface area contributed by atoms with Crippen molar-refractivity contribution in [3.8, 4) is 23.1 Å². The molecule has 0 N–H and O–H groups in total. The van der Waals surface area contributed by atoms with Gasteiger partial charge in [0.2, 0.25) is 5.88 Å². The van der Waals surface area contributed by atoms with E-state index in [4.69, 9.17) is 14.5 Å². The zero-order valence-electron chi connectivity index (χ0n) is 23.0. The Labute approximate surface area is 219 Å². The second-order valence-corrected chi connectivity index (χ2v) is 10.8. The van der Waals surface area contributed by atoms with Crippen LogP contribution in [0.2, 0.25) is 0 Å². The molecule has 37 heavy (non-hydrogen) atoms. The van der Waals surface area contributed by atoms with Gasteiger partial charge in [0.25, 0.3) is 0 Å². The van der Waals surface area contributed by atoms with Crippen molar-refractivity contribution in [1.82, 2.24) is 19.3 Å². The monoisotopic (exact) mass is 497 g/mol. The van der Waals surface area contributed by atoms with E-state index in [2.05, 4.69) is 68.6 Å². The molecule has 0 saturated heterocycles. The fourth-order valence-corrected chi connectivity index (χ4v) is 4.51. The summed E-state index contributed by atoms with van der Waals surface area (Å²) in [5.74, 6) is 2.54. The molecule has 192 valence electrons. The number of nitrogens with zero attached hydrogens (tertiary/aromatic N) is 5. The van der Waals surface area contributed by atoms with Gasteiger partial charge in [-0.05, 0) is 56.9 Å². The van der Waals surface area contributed by atoms with E-state index < -0.39 is 0 Å². The summed E-state index contributed by atoms with van der Waals surface area (Å²) in [6.45, 7) is 15.7. The number of pyridine rings is 2. The molecule has 0 saturated carbocycles. The number of benzene rings is 1. The Morgan fingerprint density at radius 3 is 2.38 bits per heavy atom. The first kappa shape index (κ1) is 24.7. The molecule has 0 bridgehead atoms. The molecule has 7 heteroatoms. The topological polar surface area (TPSA) is 55.1 Å². The number of fused-ring (bicyclic) bond motifs is 1. The summed E-state index contributed by atoms with van der Waals surface area (Å²) in [6, 6.07) is 14.1. The summed E-state index contributed by atoms with van der Waals surface area (Å²) in [6.07, 6.45) is 3.75. The van der Waals surface area contributed by atoms with Crippen molar-refractivity contribution in [3.63, 3.8) is 0 Å². The molecular weight excluding hydrogens is 462 g/mol. The van der Waals surface area contributed by atoms with Gasteiger partial charge in [0.05, 0.1) is 18.6 Å². The standard InChI is InChI=1S/C30H35N5O2/c1-19-20(2)34-17-26(36-25-11-9-10-24(15-25)35-18-33(8)21(3)22(35)4)16-27(29(34)32-19)37-28-14-23(12-13-31-28)30(5,6)7/h9-17H,18H2,1-8H3. The van der Waals surface area contributed by atoms with Gasteiger partial charge in [0, 0.05) is 54.2 Å². The summed E-state index contributed by atoms with van der Waals surface area (Å²) in [4.78, 5) is 13.7. The van der Waals surface area contributed by atoms with Crippen molar-refractivity contribution in [1.29, 1.82) is 0 Å². The molecule has 4 heterocycles. The van der Waals surface area contributed by atoms with E-state index in [0.717, 1.165) is 40.7 Å². The predicted molar refractivity (Wildman–Crippen MR) is 148 cm³/mol.